The number of aromatic nitrogens is 4. The fourth-order valence-corrected chi connectivity index (χ4v) is 6.52. The second kappa shape index (κ2) is 15.4. The molecule has 1 radical (unpaired) electrons. The Labute approximate surface area is 328 Å². The number of hydrogen-bond donors (Lipinski definition) is 0. The molecule has 7 heteroatoms. The number of pyridine rings is 2. The van der Waals surface area contributed by atoms with Crippen LogP contribution in [0, 0.1) is 28.9 Å². The van der Waals surface area contributed by atoms with Crippen LogP contribution in [0.5, 0.6) is 0 Å². The summed E-state index contributed by atoms with van der Waals surface area (Å²) in [4.78, 5) is 8.75. The molecule has 6 nitrogen and oxygen atoms in total. The van der Waals surface area contributed by atoms with Gasteiger partial charge in [0, 0.05) is 37.3 Å². The van der Waals surface area contributed by atoms with Gasteiger partial charge in [-0.1, -0.05) is 123 Å². The molecule has 0 aliphatic carbocycles. The molecule has 9 aromatic rings. The van der Waals surface area contributed by atoms with Crippen molar-refractivity contribution in [2.45, 2.75) is 27.2 Å². The normalized spacial score (nSPS) is 11.1. The molecular formula is C47H35IrN5O-2. The maximum absolute atomic E-state index is 8.98. The monoisotopic (exact) mass is 878 g/mol. The average molecular weight is 878 g/mol. The van der Waals surface area contributed by atoms with Crippen molar-refractivity contribution in [1.29, 1.82) is 5.26 Å². The Morgan fingerprint density at radius 1 is 0.741 bits per heavy atom. The smallest absolute Gasteiger partial charge is 0.217 e. The van der Waals surface area contributed by atoms with Crippen molar-refractivity contribution >= 4 is 32.8 Å². The van der Waals surface area contributed by atoms with E-state index >= 15 is 0 Å². The van der Waals surface area contributed by atoms with E-state index < -0.39 is 0 Å². The van der Waals surface area contributed by atoms with E-state index in [1.807, 2.05) is 89.9 Å². The van der Waals surface area contributed by atoms with Crippen molar-refractivity contribution < 1.29 is 24.5 Å². The van der Waals surface area contributed by atoms with E-state index in [9.17, 15) is 0 Å². The van der Waals surface area contributed by atoms with E-state index in [2.05, 4.69) is 104 Å². The van der Waals surface area contributed by atoms with Crippen molar-refractivity contribution in [3.63, 3.8) is 0 Å². The molecule has 0 saturated heterocycles. The fourth-order valence-electron chi connectivity index (χ4n) is 6.52. The summed E-state index contributed by atoms with van der Waals surface area (Å²) in [5.74, 6) is 0. The number of rotatable bonds is 5. The molecule has 0 amide bonds. The topological polar surface area (TPSA) is 80.5 Å². The molecule has 0 unspecified atom stereocenters. The second-order valence-corrected chi connectivity index (χ2v) is 14.1. The van der Waals surface area contributed by atoms with Gasteiger partial charge in [0.25, 0.3) is 0 Å². The van der Waals surface area contributed by atoms with Crippen LogP contribution < -0.4 is 0 Å². The first-order valence-corrected chi connectivity index (χ1v) is 17.5. The van der Waals surface area contributed by atoms with Gasteiger partial charge in [-0.05, 0) is 56.7 Å². The summed E-state index contributed by atoms with van der Waals surface area (Å²) >= 11 is 0. The van der Waals surface area contributed by atoms with Crippen molar-refractivity contribution in [1.82, 2.24) is 19.7 Å². The molecule has 0 N–H and O–H groups in total. The van der Waals surface area contributed by atoms with Crippen LogP contribution in [0.2, 0.25) is 0 Å². The summed E-state index contributed by atoms with van der Waals surface area (Å²) in [6.45, 7) is 6.80. The van der Waals surface area contributed by atoms with Crippen molar-refractivity contribution in [2.24, 2.45) is 5.41 Å². The number of benzene rings is 5. The largest absolute Gasteiger partial charge is 0.458 e. The zero-order valence-corrected chi connectivity index (χ0v) is 32.4. The van der Waals surface area contributed by atoms with Crippen LogP contribution in [-0.2, 0) is 26.5 Å². The van der Waals surface area contributed by atoms with Crippen LogP contribution in [0.3, 0.4) is 0 Å². The molecular weight excluding hydrogens is 843 g/mol. The Morgan fingerprint density at radius 2 is 1.46 bits per heavy atom. The molecule has 54 heavy (non-hydrogen) atoms. The van der Waals surface area contributed by atoms with Gasteiger partial charge in [-0.25, -0.2) is 4.98 Å². The number of nitriles is 1. The molecule has 0 spiro atoms. The molecule has 0 fully saturated rings. The van der Waals surface area contributed by atoms with Crippen LogP contribution in [0.4, 0.5) is 0 Å². The van der Waals surface area contributed by atoms with Gasteiger partial charge >= 0.3 is 0 Å². The molecule has 0 aliphatic heterocycles. The first kappa shape index (κ1) is 36.2. The minimum absolute atomic E-state index is 0. The van der Waals surface area contributed by atoms with Crippen LogP contribution in [0.15, 0.2) is 150 Å². The van der Waals surface area contributed by atoms with Crippen LogP contribution in [0.1, 0.15) is 32.2 Å². The summed E-state index contributed by atoms with van der Waals surface area (Å²) in [7, 11) is 0. The minimum atomic E-state index is 0. The van der Waals surface area contributed by atoms with E-state index in [0.29, 0.717) is 17.0 Å². The number of furan rings is 1. The van der Waals surface area contributed by atoms with Gasteiger partial charge < -0.3 is 9.40 Å². The maximum Gasteiger partial charge on any atom is 0.217 e. The number of hydrogen-bond acceptors (Lipinski definition) is 5. The van der Waals surface area contributed by atoms with Gasteiger partial charge in [-0.3, -0.25) is 4.68 Å². The molecule has 0 atom stereocenters. The Kier molecular flexibility index (Phi) is 10.3. The van der Waals surface area contributed by atoms with E-state index in [1.54, 1.807) is 6.07 Å². The Hall–Kier alpha value is -6.19. The number of nitrogens with zero attached hydrogens (tertiary/aromatic N) is 5. The van der Waals surface area contributed by atoms with Crippen molar-refractivity contribution in [3.05, 3.63) is 169 Å². The Bertz CT molecular complexity index is 2740. The minimum Gasteiger partial charge on any atom is -0.458 e. The molecule has 0 saturated carbocycles. The quantitative estimate of drug-likeness (QED) is 0.161. The van der Waals surface area contributed by atoms with Gasteiger partial charge in [-0.2, -0.15) is 34.6 Å². The van der Waals surface area contributed by atoms with Crippen LogP contribution >= 0.6 is 0 Å². The third-order valence-corrected chi connectivity index (χ3v) is 9.08. The number of fused-ring (bicyclic) bond motifs is 4. The average Bonchev–Trinajstić information content (AvgIpc) is 3.78. The van der Waals surface area contributed by atoms with Gasteiger partial charge in [0.1, 0.15) is 11.8 Å². The standard InChI is InChI=1S/C26H25N2.C21H10N3O.Ir/c1-26(2,3)18-25-24(19-27-28(25)23-12-8-5-9-13-23)22-16-14-21(15-17-22)20-10-6-4-7-11-20;22-11-16-6-8-18-17-7-5-14(10-20(17)25-21(18)24-16)19-9-13-3-1-2-4-15(13)12-23-19;/h4-12,14-17,19H,18H2,1-3H3;1-4,6-10,12H;/q2*-1;. The molecule has 265 valence electrons. The predicted octanol–water partition coefficient (Wildman–Crippen LogP) is 11.5. The van der Waals surface area contributed by atoms with E-state index in [4.69, 9.17) is 14.8 Å². The first-order valence-electron chi connectivity index (χ1n) is 17.5. The molecule has 4 heterocycles. The van der Waals surface area contributed by atoms with Gasteiger partial charge in [0.05, 0.1) is 17.5 Å². The Balaban J connectivity index is 0.000000164. The zero-order chi connectivity index (χ0) is 36.4. The van der Waals surface area contributed by atoms with E-state index in [-0.39, 0.29) is 25.5 Å². The van der Waals surface area contributed by atoms with Gasteiger partial charge in [0.2, 0.25) is 5.71 Å². The Morgan fingerprint density at radius 3 is 2.20 bits per heavy atom. The molecule has 0 bridgehead atoms. The summed E-state index contributed by atoms with van der Waals surface area (Å²) < 4.78 is 7.87. The molecule has 4 aromatic heterocycles. The fraction of sp³-hybridized carbons (Fsp3) is 0.106. The van der Waals surface area contributed by atoms with Crippen LogP contribution in [-0.4, -0.2) is 19.7 Å². The SMILES string of the molecule is CC(C)(C)Cc1c(-c2ccc(-c3ccccc3)cc2)cnn1-c1[c-]cccc1.N#Cc1ccc2c(n1)oc1cc(-c3cc4ccccc4cn3)[c-]cc12.[Ir]. The van der Waals surface area contributed by atoms with Crippen LogP contribution in [0.25, 0.3) is 72.0 Å². The third kappa shape index (κ3) is 7.63. The van der Waals surface area contributed by atoms with Gasteiger partial charge in [-0.15, -0.1) is 23.8 Å². The zero-order valence-electron chi connectivity index (χ0n) is 30.0. The van der Waals surface area contributed by atoms with Crippen molar-refractivity contribution in [3.8, 4) is 45.3 Å². The summed E-state index contributed by atoms with van der Waals surface area (Å²) in [5.41, 5.74) is 10.4. The van der Waals surface area contributed by atoms with Crippen molar-refractivity contribution in [2.75, 3.05) is 0 Å². The molecule has 5 aromatic carbocycles. The summed E-state index contributed by atoms with van der Waals surface area (Å²) in [6, 6.07) is 53.4. The summed E-state index contributed by atoms with van der Waals surface area (Å²) in [6.07, 6.45) is 4.78. The number of para-hydroxylation sites is 1. The first-order chi connectivity index (χ1) is 25.8. The molecule has 0 aliphatic rings. The van der Waals surface area contributed by atoms with Gasteiger partial charge in [0.15, 0.2) is 0 Å². The second-order valence-electron chi connectivity index (χ2n) is 14.1. The van der Waals surface area contributed by atoms with E-state index in [1.165, 1.54) is 27.9 Å². The molecule has 9 rings (SSSR count). The summed E-state index contributed by atoms with van der Waals surface area (Å²) in [5, 5.41) is 17.7. The predicted molar refractivity (Wildman–Crippen MR) is 212 cm³/mol. The van der Waals surface area contributed by atoms with E-state index in [0.717, 1.165) is 44.9 Å². The third-order valence-electron chi connectivity index (χ3n) is 9.08. The maximum atomic E-state index is 8.98.